The van der Waals surface area contributed by atoms with E-state index in [-0.39, 0.29) is 35.3 Å². The molecule has 1 amide bonds. The first-order valence-electron chi connectivity index (χ1n) is 8.47. The molecule has 0 spiro atoms. The van der Waals surface area contributed by atoms with Crippen LogP contribution in [0.4, 0.5) is 16.2 Å². The number of sulfonamides is 1. The molecule has 0 atom stereocenters. The van der Waals surface area contributed by atoms with Gasteiger partial charge in [0.25, 0.3) is 10.0 Å². The van der Waals surface area contributed by atoms with E-state index in [1.807, 2.05) is 0 Å². The van der Waals surface area contributed by atoms with E-state index < -0.39 is 21.7 Å². The Bertz CT molecular complexity index is 1000. The molecule has 0 radical (unpaired) electrons. The summed E-state index contributed by atoms with van der Waals surface area (Å²) >= 11 is 5.94. The molecule has 1 aliphatic rings. The van der Waals surface area contributed by atoms with Crippen molar-refractivity contribution in [2.45, 2.75) is 31.3 Å². The Morgan fingerprint density at radius 3 is 2.75 bits per heavy atom. The number of nitrogens with zero attached hydrogens (tertiary/aromatic N) is 2. The molecule has 1 aromatic heterocycles. The van der Waals surface area contributed by atoms with Crippen molar-refractivity contribution < 1.29 is 22.7 Å². The summed E-state index contributed by atoms with van der Waals surface area (Å²) in [5, 5.41) is 2.86. The van der Waals surface area contributed by atoms with Gasteiger partial charge in [0, 0.05) is 5.02 Å². The standard InChI is InChI=1S/C18H20ClN3O5S/c1-18(2,3)27-17(23)21-13-10-15-16(20-11-13)26-8-7-22(15)28(24,25)14-6-4-5-12(19)9-14/h4-6,9-11H,7-8H2,1-3H3,(H,21,23). The molecule has 0 bridgehead atoms. The molecule has 150 valence electrons. The lowest BCUT2D eigenvalue weighted by Crippen LogP contribution is -2.38. The van der Waals surface area contributed by atoms with Gasteiger partial charge in [-0.2, -0.15) is 0 Å². The van der Waals surface area contributed by atoms with Crippen LogP contribution in [-0.4, -0.2) is 38.2 Å². The van der Waals surface area contributed by atoms with Crippen molar-refractivity contribution in [3.05, 3.63) is 41.6 Å². The molecule has 2 aromatic rings. The topological polar surface area (TPSA) is 97.8 Å². The summed E-state index contributed by atoms with van der Waals surface area (Å²) in [5.41, 5.74) is -0.166. The van der Waals surface area contributed by atoms with Gasteiger partial charge in [-0.3, -0.25) is 9.62 Å². The quantitative estimate of drug-likeness (QED) is 0.805. The first kappa shape index (κ1) is 20.2. The van der Waals surface area contributed by atoms with Crippen molar-refractivity contribution in [2.75, 3.05) is 22.8 Å². The third-order valence-corrected chi connectivity index (χ3v) is 5.71. The summed E-state index contributed by atoms with van der Waals surface area (Å²) in [6, 6.07) is 7.48. The van der Waals surface area contributed by atoms with Crippen LogP contribution in [0.2, 0.25) is 5.02 Å². The van der Waals surface area contributed by atoms with Crippen molar-refractivity contribution in [2.24, 2.45) is 0 Å². The van der Waals surface area contributed by atoms with Gasteiger partial charge in [0.2, 0.25) is 5.88 Å². The zero-order chi connectivity index (χ0) is 20.5. The molecule has 28 heavy (non-hydrogen) atoms. The van der Waals surface area contributed by atoms with Gasteiger partial charge in [0.1, 0.15) is 17.9 Å². The molecular formula is C18H20ClN3O5S. The molecular weight excluding hydrogens is 406 g/mol. The van der Waals surface area contributed by atoms with E-state index >= 15 is 0 Å². The monoisotopic (exact) mass is 425 g/mol. The molecule has 0 fully saturated rings. The van der Waals surface area contributed by atoms with Gasteiger partial charge in [0.05, 0.1) is 23.3 Å². The number of hydrogen-bond acceptors (Lipinski definition) is 6. The number of ether oxygens (including phenoxy) is 2. The Morgan fingerprint density at radius 1 is 1.32 bits per heavy atom. The fourth-order valence-corrected chi connectivity index (χ4v) is 4.31. The number of fused-ring (bicyclic) bond motifs is 1. The molecule has 0 saturated carbocycles. The number of hydrogen-bond donors (Lipinski definition) is 1. The van der Waals surface area contributed by atoms with Gasteiger partial charge in [-0.25, -0.2) is 18.2 Å². The van der Waals surface area contributed by atoms with Crippen LogP contribution < -0.4 is 14.4 Å². The number of rotatable bonds is 3. The maximum atomic E-state index is 13.1. The van der Waals surface area contributed by atoms with E-state index in [0.717, 1.165) is 0 Å². The van der Waals surface area contributed by atoms with Gasteiger partial charge in [-0.1, -0.05) is 17.7 Å². The van der Waals surface area contributed by atoms with Crippen molar-refractivity contribution >= 4 is 39.1 Å². The normalized spacial score (nSPS) is 14.1. The molecule has 1 aliphatic heterocycles. The Balaban J connectivity index is 1.93. The minimum absolute atomic E-state index is 0.0540. The number of carbonyl (C=O) groups is 1. The van der Waals surface area contributed by atoms with E-state index in [9.17, 15) is 13.2 Å². The second kappa shape index (κ2) is 7.48. The number of pyridine rings is 1. The van der Waals surface area contributed by atoms with Gasteiger partial charge in [0.15, 0.2) is 0 Å². The van der Waals surface area contributed by atoms with Gasteiger partial charge in [-0.05, 0) is 45.0 Å². The van der Waals surface area contributed by atoms with E-state index in [4.69, 9.17) is 21.1 Å². The fraction of sp³-hybridized carbons (Fsp3) is 0.333. The highest BCUT2D eigenvalue weighted by Crippen LogP contribution is 2.35. The van der Waals surface area contributed by atoms with E-state index in [1.54, 1.807) is 32.9 Å². The molecule has 8 nitrogen and oxygen atoms in total. The molecule has 0 aliphatic carbocycles. The van der Waals surface area contributed by atoms with Crippen LogP contribution in [0.5, 0.6) is 5.88 Å². The fourth-order valence-electron chi connectivity index (χ4n) is 2.57. The Hall–Kier alpha value is -2.52. The van der Waals surface area contributed by atoms with E-state index in [1.165, 1.54) is 28.7 Å². The van der Waals surface area contributed by atoms with E-state index in [2.05, 4.69) is 10.3 Å². The second-order valence-electron chi connectivity index (χ2n) is 7.06. The number of nitrogens with one attached hydrogen (secondary N) is 1. The number of halogens is 1. The van der Waals surface area contributed by atoms with Crippen LogP contribution in [0, 0.1) is 0 Å². The van der Waals surface area contributed by atoms with E-state index in [0.29, 0.717) is 5.02 Å². The predicted molar refractivity (Wildman–Crippen MR) is 106 cm³/mol. The highest BCUT2D eigenvalue weighted by Gasteiger charge is 2.31. The zero-order valence-corrected chi connectivity index (χ0v) is 17.2. The van der Waals surface area contributed by atoms with Crippen LogP contribution in [0.25, 0.3) is 0 Å². The lowest BCUT2D eigenvalue weighted by molar-refractivity contribution is 0.0636. The van der Waals surface area contributed by atoms with Crippen molar-refractivity contribution in [1.82, 2.24) is 4.98 Å². The van der Waals surface area contributed by atoms with Crippen molar-refractivity contribution in [3.63, 3.8) is 0 Å². The zero-order valence-electron chi connectivity index (χ0n) is 15.6. The van der Waals surface area contributed by atoms with Crippen LogP contribution in [0.15, 0.2) is 41.4 Å². The minimum Gasteiger partial charge on any atom is -0.474 e. The van der Waals surface area contributed by atoms with Gasteiger partial charge >= 0.3 is 6.09 Å². The molecule has 3 rings (SSSR count). The Kier molecular flexibility index (Phi) is 5.40. The van der Waals surface area contributed by atoms with Crippen molar-refractivity contribution in [3.8, 4) is 5.88 Å². The highest BCUT2D eigenvalue weighted by molar-refractivity contribution is 7.92. The van der Waals surface area contributed by atoms with Crippen LogP contribution in [0.1, 0.15) is 20.8 Å². The average Bonchev–Trinajstić information content (AvgIpc) is 2.59. The molecule has 1 aromatic carbocycles. The summed E-state index contributed by atoms with van der Waals surface area (Å²) in [4.78, 5) is 16.2. The Labute approximate surface area is 168 Å². The third-order valence-electron chi connectivity index (χ3n) is 3.66. The lowest BCUT2D eigenvalue weighted by Gasteiger charge is -2.30. The highest BCUT2D eigenvalue weighted by atomic mass is 35.5. The van der Waals surface area contributed by atoms with Crippen LogP contribution in [-0.2, 0) is 14.8 Å². The summed E-state index contributed by atoms with van der Waals surface area (Å²) < 4.78 is 38.0. The molecule has 0 saturated heterocycles. The average molecular weight is 426 g/mol. The number of anilines is 2. The van der Waals surface area contributed by atoms with Crippen molar-refractivity contribution in [1.29, 1.82) is 0 Å². The second-order valence-corrected chi connectivity index (χ2v) is 9.36. The van der Waals surface area contributed by atoms with Crippen LogP contribution >= 0.6 is 11.6 Å². The molecule has 0 unspecified atom stereocenters. The summed E-state index contributed by atoms with van der Waals surface area (Å²) in [6.07, 6.45) is 0.702. The summed E-state index contributed by atoms with van der Waals surface area (Å²) in [5.74, 6) is 0.159. The summed E-state index contributed by atoms with van der Waals surface area (Å²) in [6.45, 7) is 5.47. The number of amides is 1. The lowest BCUT2D eigenvalue weighted by atomic mass is 10.2. The number of carbonyl (C=O) groups excluding carboxylic acids is 1. The van der Waals surface area contributed by atoms with Gasteiger partial charge < -0.3 is 9.47 Å². The molecule has 1 N–H and O–H groups in total. The van der Waals surface area contributed by atoms with Crippen LogP contribution in [0.3, 0.4) is 0 Å². The maximum Gasteiger partial charge on any atom is 0.412 e. The SMILES string of the molecule is CC(C)(C)OC(=O)Nc1cnc2c(c1)N(S(=O)(=O)c1cccc(Cl)c1)CCO2. The minimum atomic E-state index is -3.89. The first-order chi connectivity index (χ1) is 13.1. The number of benzene rings is 1. The largest absolute Gasteiger partial charge is 0.474 e. The number of aromatic nitrogens is 1. The third kappa shape index (κ3) is 4.48. The predicted octanol–water partition coefficient (Wildman–Crippen LogP) is 3.67. The molecule has 2 heterocycles. The summed E-state index contributed by atoms with van der Waals surface area (Å²) in [7, 11) is -3.89. The Morgan fingerprint density at radius 2 is 2.07 bits per heavy atom. The first-order valence-corrected chi connectivity index (χ1v) is 10.3. The smallest absolute Gasteiger partial charge is 0.412 e. The maximum absolute atomic E-state index is 13.1. The van der Waals surface area contributed by atoms with Gasteiger partial charge in [-0.15, -0.1) is 0 Å². The molecule has 10 heteroatoms.